The van der Waals surface area contributed by atoms with Crippen LogP contribution in [0.2, 0.25) is 0 Å². The normalized spacial score (nSPS) is 19.0. The van der Waals surface area contributed by atoms with Gasteiger partial charge in [-0.15, -0.1) is 0 Å². The van der Waals surface area contributed by atoms with Gasteiger partial charge in [-0.2, -0.15) is 0 Å². The van der Waals surface area contributed by atoms with E-state index in [0.717, 1.165) is 55.3 Å². The van der Waals surface area contributed by atoms with E-state index >= 15 is 0 Å². The summed E-state index contributed by atoms with van der Waals surface area (Å²) in [6.07, 6.45) is 4.47. The van der Waals surface area contributed by atoms with Crippen molar-refractivity contribution in [2.45, 2.75) is 39.2 Å². The number of nitrogens with zero attached hydrogens (tertiary/aromatic N) is 2. The van der Waals surface area contributed by atoms with Gasteiger partial charge < -0.3 is 9.88 Å². The predicted octanol–water partition coefficient (Wildman–Crippen LogP) is 3.13. The second kappa shape index (κ2) is 5.92. The maximum atomic E-state index is 13.4. The summed E-state index contributed by atoms with van der Waals surface area (Å²) in [6, 6.07) is 4.90. The molecule has 1 atom stereocenters. The van der Waals surface area contributed by atoms with Crippen molar-refractivity contribution in [2.24, 2.45) is 5.92 Å². The fourth-order valence-electron chi connectivity index (χ4n) is 3.10. The van der Waals surface area contributed by atoms with Gasteiger partial charge in [-0.1, -0.05) is 6.92 Å². The minimum atomic E-state index is -0.179. The number of benzene rings is 1. The molecule has 1 fully saturated rings. The summed E-state index contributed by atoms with van der Waals surface area (Å²) in [7, 11) is 0. The lowest BCUT2D eigenvalue weighted by Crippen LogP contribution is -2.11. The van der Waals surface area contributed by atoms with Crippen LogP contribution in [0.5, 0.6) is 0 Å². The Labute approximate surface area is 119 Å². The first-order valence-corrected chi connectivity index (χ1v) is 7.63. The summed E-state index contributed by atoms with van der Waals surface area (Å²) in [5.74, 6) is 1.70. The number of hydrogen-bond acceptors (Lipinski definition) is 2. The molecule has 1 aromatic heterocycles. The smallest absolute Gasteiger partial charge is 0.125 e. The molecule has 0 saturated carbocycles. The van der Waals surface area contributed by atoms with E-state index in [4.69, 9.17) is 4.98 Å². The molecule has 0 radical (unpaired) electrons. The van der Waals surface area contributed by atoms with Crippen molar-refractivity contribution in [2.75, 3.05) is 13.1 Å². The van der Waals surface area contributed by atoms with Gasteiger partial charge in [0.25, 0.3) is 0 Å². The third kappa shape index (κ3) is 2.70. The van der Waals surface area contributed by atoms with Gasteiger partial charge in [-0.05, 0) is 56.5 Å². The highest BCUT2D eigenvalue weighted by molar-refractivity contribution is 5.76. The summed E-state index contributed by atoms with van der Waals surface area (Å²) < 4.78 is 15.6. The van der Waals surface area contributed by atoms with Gasteiger partial charge in [0.05, 0.1) is 11.0 Å². The molecular formula is C16H22FN3. The summed E-state index contributed by atoms with van der Waals surface area (Å²) in [5.41, 5.74) is 1.85. The van der Waals surface area contributed by atoms with Gasteiger partial charge in [0.2, 0.25) is 0 Å². The molecule has 1 aromatic carbocycles. The van der Waals surface area contributed by atoms with E-state index in [-0.39, 0.29) is 5.82 Å². The number of imidazole rings is 1. The number of aromatic nitrogens is 2. The molecule has 0 amide bonds. The Balaban J connectivity index is 1.86. The average Bonchev–Trinajstić information content (AvgIpc) is 3.06. The predicted molar refractivity (Wildman–Crippen MR) is 79.3 cm³/mol. The van der Waals surface area contributed by atoms with Crippen LogP contribution >= 0.6 is 0 Å². The second-order valence-electron chi connectivity index (χ2n) is 5.71. The van der Waals surface area contributed by atoms with Gasteiger partial charge in [-0.25, -0.2) is 9.37 Å². The minimum Gasteiger partial charge on any atom is -0.328 e. The van der Waals surface area contributed by atoms with Crippen LogP contribution in [0, 0.1) is 11.7 Å². The van der Waals surface area contributed by atoms with E-state index in [2.05, 4.69) is 16.8 Å². The molecule has 1 unspecified atom stereocenters. The molecule has 0 spiro atoms. The molecule has 2 heterocycles. The van der Waals surface area contributed by atoms with Crippen LogP contribution in [-0.2, 0) is 13.0 Å². The number of halogens is 1. The highest BCUT2D eigenvalue weighted by atomic mass is 19.1. The monoisotopic (exact) mass is 275 g/mol. The quantitative estimate of drug-likeness (QED) is 0.908. The Bertz CT molecular complexity index is 585. The lowest BCUT2D eigenvalue weighted by molar-refractivity contribution is 0.513. The Morgan fingerprint density at radius 1 is 1.45 bits per heavy atom. The first kappa shape index (κ1) is 13.6. The summed E-state index contributed by atoms with van der Waals surface area (Å²) in [5, 5.41) is 3.41. The van der Waals surface area contributed by atoms with Crippen LogP contribution in [-0.4, -0.2) is 22.6 Å². The van der Waals surface area contributed by atoms with Crippen molar-refractivity contribution in [1.82, 2.24) is 14.9 Å². The van der Waals surface area contributed by atoms with Crippen molar-refractivity contribution >= 4 is 11.0 Å². The molecule has 108 valence electrons. The van der Waals surface area contributed by atoms with Gasteiger partial charge in [0.15, 0.2) is 0 Å². The van der Waals surface area contributed by atoms with Crippen molar-refractivity contribution in [3.05, 3.63) is 29.8 Å². The van der Waals surface area contributed by atoms with Crippen molar-refractivity contribution < 1.29 is 4.39 Å². The van der Waals surface area contributed by atoms with Crippen LogP contribution in [0.15, 0.2) is 18.2 Å². The van der Waals surface area contributed by atoms with E-state index in [1.165, 1.54) is 18.9 Å². The molecule has 3 nitrogen and oxygen atoms in total. The van der Waals surface area contributed by atoms with E-state index in [1.807, 2.05) is 0 Å². The zero-order valence-corrected chi connectivity index (χ0v) is 12.0. The van der Waals surface area contributed by atoms with E-state index in [0.29, 0.717) is 0 Å². The maximum Gasteiger partial charge on any atom is 0.125 e. The fourth-order valence-corrected chi connectivity index (χ4v) is 3.10. The van der Waals surface area contributed by atoms with Gasteiger partial charge in [-0.3, -0.25) is 0 Å². The minimum absolute atomic E-state index is 0.179. The Hall–Kier alpha value is -1.42. The largest absolute Gasteiger partial charge is 0.328 e. The lowest BCUT2D eigenvalue weighted by atomic mass is 10.0. The second-order valence-corrected chi connectivity index (χ2v) is 5.71. The average molecular weight is 275 g/mol. The third-order valence-corrected chi connectivity index (χ3v) is 4.18. The number of fused-ring (bicyclic) bond motifs is 1. The lowest BCUT2D eigenvalue weighted by Gasteiger charge is -2.10. The Morgan fingerprint density at radius 3 is 3.10 bits per heavy atom. The van der Waals surface area contributed by atoms with Crippen LogP contribution in [0.25, 0.3) is 11.0 Å². The van der Waals surface area contributed by atoms with Gasteiger partial charge in [0.1, 0.15) is 11.6 Å². The molecule has 0 bridgehead atoms. The third-order valence-electron chi connectivity index (χ3n) is 4.18. The molecule has 4 heteroatoms. The van der Waals surface area contributed by atoms with Crippen molar-refractivity contribution in [1.29, 1.82) is 0 Å². The van der Waals surface area contributed by atoms with E-state index < -0.39 is 0 Å². The molecule has 0 aliphatic carbocycles. The van der Waals surface area contributed by atoms with Crippen molar-refractivity contribution in [3.63, 3.8) is 0 Å². The SMILES string of the molecule is CCCn1c(CCC2CCNC2)nc2ccc(F)cc21. The molecule has 1 saturated heterocycles. The summed E-state index contributed by atoms with van der Waals surface area (Å²) in [4.78, 5) is 4.71. The zero-order valence-electron chi connectivity index (χ0n) is 12.0. The van der Waals surface area contributed by atoms with Gasteiger partial charge >= 0.3 is 0 Å². The summed E-state index contributed by atoms with van der Waals surface area (Å²) >= 11 is 0. The standard InChI is InChI=1S/C16H22FN3/c1-2-9-20-15-10-13(17)4-5-14(15)19-16(20)6-3-12-7-8-18-11-12/h4-5,10,12,18H,2-3,6-9,11H2,1H3. The molecule has 20 heavy (non-hydrogen) atoms. The highest BCUT2D eigenvalue weighted by Crippen LogP contribution is 2.21. The molecule has 2 aromatic rings. The van der Waals surface area contributed by atoms with Crippen molar-refractivity contribution in [3.8, 4) is 0 Å². The Kier molecular flexibility index (Phi) is 4.01. The summed E-state index contributed by atoms with van der Waals surface area (Å²) in [6.45, 7) is 5.33. The number of hydrogen-bond donors (Lipinski definition) is 1. The van der Waals surface area contributed by atoms with E-state index in [9.17, 15) is 4.39 Å². The first-order chi connectivity index (χ1) is 9.78. The topological polar surface area (TPSA) is 29.9 Å². The van der Waals surface area contributed by atoms with Crippen LogP contribution in [0.3, 0.4) is 0 Å². The fraction of sp³-hybridized carbons (Fsp3) is 0.562. The molecular weight excluding hydrogens is 253 g/mol. The molecule has 3 rings (SSSR count). The first-order valence-electron chi connectivity index (χ1n) is 7.63. The van der Waals surface area contributed by atoms with E-state index in [1.54, 1.807) is 12.1 Å². The van der Waals surface area contributed by atoms with Gasteiger partial charge in [0, 0.05) is 13.0 Å². The number of rotatable bonds is 5. The zero-order chi connectivity index (χ0) is 13.9. The number of aryl methyl sites for hydroxylation is 2. The number of nitrogens with one attached hydrogen (secondary N) is 1. The van der Waals surface area contributed by atoms with Crippen LogP contribution in [0.4, 0.5) is 4.39 Å². The maximum absolute atomic E-state index is 13.4. The highest BCUT2D eigenvalue weighted by Gasteiger charge is 2.17. The molecule has 1 N–H and O–H groups in total. The molecule has 1 aliphatic heterocycles. The van der Waals surface area contributed by atoms with Crippen LogP contribution in [0.1, 0.15) is 32.0 Å². The molecule has 1 aliphatic rings. The van der Waals surface area contributed by atoms with Crippen LogP contribution < -0.4 is 5.32 Å². The Morgan fingerprint density at radius 2 is 2.35 bits per heavy atom.